The van der Waals surface area contributed by atoms with Gasteiger partial charge in [-0.25, -0.2) is 87.8 Å². The number of hydrogen-bond donors (Lipinski definition) is 0. The Labute approximate surface area is 818 Å². The van der Waals surface area contributed by atoms with Crippen molar-refractivity contribution in [2.24, 2.45) is 0 Å². The van der Waals surface area contributed by atoms with Crippen molar-refractivity contribution in [3.63, 3.8) is 0 Å². The molecule has 0 aromatic heterocycles. The van der Waals surface area contributed by atoms with Gasteiger partial charge in [0.2, 0.25) is 0 Å². The average Bonchev–Trinajstić information content (AvgIpc) is 0.687. The lowest BCUT2D eigenvalue weighted by atomic mass is 9.29. The highest BCUT2D eigenvalue weighted by Crippen LogP contribution is 2.59. The van der Waals surface area contributed by atoms with Crippen molar-refractivity contribution < 1.29 is 87.8 Å². The van der Waals surface area contributed by atoms with Crippen molar-refractivity contribution in [3.8, 4) is 0 Å². The Morgan fingerprint density at radius 2 is 0.315 bits per heavy atom. The lowest BCUT2D eigenvalue weighted by Gasteiger charge is -2.49. The number of anilines is 27. The zero-order valence-corrected chi connectivity index (χ0v) is 74.8. The number of rotatable bonds is 15. The van der Waals surface area contributed by atoms with Crippen molar-refractivity contribution in [1.29, 1.82) is 0 Å². The van der Waals surface area contributed by atoms with Gasteiger partial charge >= 0.3 is 0 Å². The monoisotopic (exact) mass is 1970 g/mol. The molecule has 0 saturated heterocycles. The van der Waals surface area contributed by atoms with Crippen molar-refractivity contribution in [1.82, 2.24) is 0 Å². The van der Waals surface area contributed by atoms with Crippen LogP contribution >= 0.6 is 0 Å². The molecule has 6 heterocycles. The minimum absolute atomic E-state index is 0.0166. The summed E-state index contributed by atoms with van der Waals surface area (Å²) in [5.74, 6) is -27.4. The van der Waals surface area contributed by atoms with Crippen LogP contribution in [0.1, 0.15) is 0 Å². The van der Waals surface area contributed by atoms with E-state index in [0.29, 0.717) is 21.2 Å². The van der Waals surface area contributed by atoms with E-state index in [2.05, 4.69) is 0 Å². The summed E-state index contributed by atoms with van der Waals surface area (Å²) >= 11 is 0. The van der Waals surface area contributed by atoms with Gasteiger partial charge in [0.05, 0.1) is 17.1 Å². The smallest absolute Gasteiger partial charge is 0.252 e. The van der Waals surface area contributed by atoms with Crippen molar-refractivity contribution >= 4 is 223 Å². The summed E-state index contributed by atoms with van der Waals surface area (Å²) in [7, 11) is 0. The zero-order valence-electron chi connectivity index (χ0n) is 74.8. The molecule has 0 radical (unpaired) electrons. The zero-order chi connectivity index (χ0) is 100. The molecular formula is C114H58B3F20N9. The summed E-state index contributed by atoms with van der Waals surface area (Å²) < 4.78 is 360. The number of nitrogens with zero attached hydrogens (tertiary/aromatic N) is 9. The molecule has 146 heavy (non-hydrogen) atoms. The molecule has 0 amide bonds. The van der Waals surface area contributed by atoms with Gasteiger partial charge in [-0.2, -0.15) is 0 Å². The standard InChI is InChI=1S/C114H58B3F20N9/c118-70-27-11-28-71(119)105(70)139(106-72(120)29-12-30-73(106)121)62-51-96-102-100(53-62)143(111-82(130)39-17-40-83(111)131)92-57-94-68(55-66(92)115(102)64-25-7-9-47-90(64)141(96)109-78(126)35-15-36-79(109)127)117-69-56-67-93(58-95(69)146(114-88(136)45-20-46-89(114)137)99-50-61(138(59-21-3-1-4-22-59)60-23-5-2-6-24-60)49-98(104(99)117)145(94)113-86(134)43-19-44-87(113)135)144(112-84(132)41-18-42-85(112)133)101-54-63(140(107-74(122)31-13-32-75(107)123)108-76(124)33-14-34-77(108)125)52-97-103(101)116(67)65-26-8-10-48-91(65)142(97)110-80(128)37-16-38-81(110)129/h1-58H. The summed E-state index contributed by atoms with van der Waals surface area (Å²) in [4.78, 5) is 9.07. The third-order valence-corrected chi connectivity index (χ3v) is 27.6. The van der Waals surface area contributed by atoms with E-state index in [1.165, 1.54) is 60.7 Å². The van der Waals surface area contributed by atoms with Gasteiger partial charge in [-0.3, -0.25) is 9.80 Å². The minimum Gasteiger partial charge on any atom is -0.310 e. The SMILES string of the molecule is Fc1cccc(F)c1N1c2cc3c(cc2B2c4cc5c(cc4N(c4c(F)cccc4F)c4cc(N(c6ccccc6)c6ccccc6)cc1c42)N(c1c(F)cccc1F)c1cc(N(c2c(F)cccc2F)c2c(F)cccc2F)cc2c1B5c1ccccc1N2c1c(F)cccc1F)B1c2ccccc2N(c2c(F)cccc2F)c2cc(N(c4c(F)cccc4F)c4c(F)cccc4F)cc(c21)N3c1c(F)cccc1F. The Morgan fingerprint density at radius 3 is 0.534 bits per heavy atom. The highest BCUT2D eigenvalue weighted by atomic mass is 19.2. The summed E-state index contributed by atoms with van der Waals surface area (Å²) in [6.07, 6.45) is 0. The van der Waals surface area contributed by atoms with Crippen LogP contribution < -0.4 is 93.3 Å². The predicted octanol–water partition coefficient (Wildman–Crippen LogP) is 27.1. The molecule has 0 saturated carbocycles. The first-order valence-electron chi connectivity index (χ1n) is 45.6. The van der Waals surface area contributed by atoms with Crippen molar-refractivity contribution in [3.05, 3.63) is 468 Å². The fourth-order valence-corrected chi connectivity index (χ4v) is 22.0. The lowest BCUT2D eigenvalue weighted by Crippen LogP contribution is -2.67. The van der Waals surface area contributed by atoms with Gasteiger partial charge in [0.25, 0.3) is 20.1 Å². The van der Waals surface area contributed by atoms with Crippen LogP contribution in [0.3, 0.4) is 0 Å². The molecule has 0 spiro atoms. The van der Waals surface area contributed by atoms with E-state index in [-0.39, 0.29) is 100 Å². The molecule has 19 aromatic carbocycles. The quantitative estimate of drug-likeness (QED) is 0.0735. The van der Waals surface area contributed by atoms with E-state index in [1.807, 2.05) is 0 Å². The van der Waals surface area contributed by atoms with Crippen molar-refractivity contribution in [2.75, 3.05) is 44.1 Å². The van der Waals surface area contributed by atoms with Crippen LogP contribution in [0.2, 0.25) is 0 Å². The number of para-hydroxylation sites is 14. The summed E-state index contributed by atoms with van der Waals surface area (Å²) in [5, 5.41) is 0. The molecule has 0 bridgehead atoms. The van der Waals surface area contributed by atoms with Gasteiger partial charge in [-0.1, -0.05) is 146 Å². The molecule has 6 aliphatic heterocycles. The van der Waals surface area contributed by atoms with Crippen LogP contribution in [0.15, 0.2) is 352 Å². The third kappa shape index (κ3) is 13.4. The fraction of sp³-hybridized carbons (Fsp3) is 0. The number of halogens is 20. The highest BCUT2D eigenvalue weighted by molar-refractivity contribution is 7.05. The van der Waals surface area contributed by atoms with Crippen LogP contribution in [0.25, 0.3) is 0 Å². The first kappa shape index (κ1) is 89.5. The van der Waals surface area contributed by atoms with Crippen LogP contribution in [0.5, 0.6) is 0 Å². The fourth-order valence-electron chi connectivity index (χ4n) is 22.0. The molecule has 0 atom stereocenters. The third-order valence-electron chi connectivity index (χ3n) is 27.6. The van der Waals surface area contributed by atoms with Gasteiger partial charge in [-0.05, 0) is 255 Å². The number of benzene rings is 19. The molecule has 32 heteroatoms. The maximum absolute atomic E-state index is 18.9. The molecule has 6 aliphatic rings. The van der Waals surface area contributed by atoms with E-state index in [1.54, 1.807) is 89.8 Å². The first-order valence-corrected chi connectivity index (χ1v) is 45.6. The second kappa shape index (κ2) is 34.0. The Hall–Kier alpha value is -17.8. The summed E-state index contributed by atoms with van der Waals surface area (Å²) in [5.41, 5.74) is -15.1. The second-order valence-corrected chi connectivity index (χ2v) is 35.4. The van der Waals surface area contributed by atoms with Crippen LogP contribution in [0.4, 0.5) is 241 Å². The van der Waals surface area contributed by atoms with Gasteiger partial charge < -0.3 is 34.3 Å². The van der Waals surface area contributed by atoms with Crippen molar-refractivity contribution in [2.45, 2.75) is 0 Å². The summed E-state index contributed by atoms with van der Waals surface area (Å²) in [6.45, 7) is -4.82. The largest absolute Gasteiger partial charge is 0.310 e. The molecular weight excluding hydrogens is 1910 g/mol. The first-order chi connectivity index (χ1) is 70.8. The molecule has 0 N–H and O–H groups in total. The molecule has 708 valence electrons. The maximum atomic E-state index is 18.9. The second-order valence-electron chi connectivity index (χ2n) is 35.4. The minimum atomic E-state index is -1.71. The normalized spacial score (nSPS) is 13.1. The van der Waals surface area contributed by atoms with E-state index in [4.69, 9.17) is 0 Å². The molecule has 0 aliphatic carbocycles. The maximum Gasteiger partial charge on any atom is 0.252 e. The molecule has 19 aromatic rings. The van der Waals surface area contributed by atoms with Gasteiger partial charge in [0.1, 0.15) is 173 Å². The van der Waals surface area contributed by atoms with Gasteiger partial charge in [0, 0.05) is 79.6 Å². The van der Waals surface area contributed by atoms with E-state index in [9.17, 15) is 0 Å². The van der Waals surface area contributed by atoms with E-state index >= 15 is 87.8 Å². The average molecular weight is 1970 g/mol. The predicted molar refractivity (Wildman–Crippen MR) is 532 cm³/mol. The van der Waals surface area contributed by atoms with Crippen LogP contribution in [-0.2, 0) is 0 Å². The molecule has 0 fully saturated rings. The van der Waals surface area contributed by atoms with Crippen LogP contribution in [0, 0.1) is 116 Å². The molecule has 9 nitrogen and oxygen atoms in total. The van der Waals surface area contributed by atoms with E-state index in [0.717, 1.165) is 236 Å². The number of hydrogen-bond acceptors (Lipinski definition) is 9. The summed E-state index contributed by atoms with van der Waals surface area (Å²) in [6, 6.07) is 69.1. The topological polar surface area (TPSA) is 29.2 Å². The van der Waals surface area contributed by atoms with Gasteiger partial charge in [-0.15, -0.1) is 0 Å². The number of fused-ring (bicyclic) bond motifs is 12. The van der Waals surface area contributed by atoms with E-state index < -0.39 is 227 Å². The molecule has 0 unspecified atom stereocenters. The van der Waals surface area contributed by atoms with Gasteiger partial charge in [0.15, 0.2) is 0 Å². The lowest BCUT2D eigenvalue weighted by molar-refractivity contribution is 0.569. The Kier molecular flexibility index (Phi) is 20.8. The Bertz CT molecular complexity index is 8020. The van der Waals surface area contributed by atoms with Crippen LogP contribution in [-0.4, -0.2) is 20.1 Å². The highest BCUT2D eigenvalue weighted by Gasteiger charge is 2.55. The Morgan fingerprint density at radius 1 is 0.137 bits per heavy atom. The molecule has 25 rings (SSSR count). The Balaban J connectivity index is 0.865.